The van der Waals surface area contributed by atoms with Crippen molar-refractivity contribution < 1.29 is 4.74 Å². The fraction of sp³-hybridized carbons (Fsp3) is 0.333. The van der Waals surface area contributed by atoms with E-state index in [0.717, 1.165) is 59.3 Å². The maximum atomic E-state index is 9.94. The van der Waals surface area contributed by atoms with Crippen LogP contribution in [0.4, 0.5) is 5.95 Å². The van der Waals surface area contributed by atoms with Gasteiger partial charge in [-0.25, -0.2) is 4.98 Å². The van der Waals surface area contributed by atoms with Gasteiger partial charge in [0, 0.05) is 17.2 Å². The predicted molar refractivity (Wildman–Crippen MR) is 140 cm³/mol. The number of anilines is 1. The Morgan fingerprint density at radius 1 is 1.00 bits per heavy atom. The first-order valence-corrected chi connectivity index (χ1v) is 12.3. The monoisotopic (exact) mass is 530 g/mol. The van der Waals surface area contributed by atoms with Gasteiger partial charge in [-0.15, -0.1) is 0 Å². The molecule has 0 aliphatic carbocycles. The average molecular weight is 531 g/mol. The molecule has 0 radical (unpaired) electrons. The van der Waals surface area contributed by atoms with Crippen molar-refractivity contribution in [2.75, 3.05) is 18.4 Å². The van der Waals surface area contributed by atoms with Crippen LogP contribution >= 0.6 is 15.9 Å². The van der Waals surface area contributed by atoms with Crippen molar-refractivity contribution >= 4 is 21.9 Å². The Labute approximate surface area is 214 Å². The summed E-state index contributed by atoms with van der Waals surface area (Å²) in [6.45, 7) is 9.75. The summed E-state index contributed by atoms with van der Waals surface area (Å²) in [4.78, 5) is 9.05. The normalized spacial score (nSPS) is 13.7. The molecule has 0 spiro atoms. The quantitative estimate of drug-likeness (QED) is 0.426. The van der Waals surface area contributed by atoms with E-state index in [1.807, 2.05) is 45.9 Å². The van der Waals surface area contributed by atoms with Crippen LogP contribution in [0.15, 0.2) is 28.9 Å². The third kappa shape index (κ3) is 5.14. The van der Waals surface area contributed by atoms with Crippen LogP contribution < -0.4 is 15.4 Å². The maximum Gasteiger partial charge on any atom is 0.238 e. The summed E-state index contributed by atoms with van der Waals surface area (Å²) < 4.78 is 7.02. The fourth-order valence-corrected chi connectivity index (χ4v) is 4.97. The van der Waals surface area contributed by atoms with Crippen LogP contribution in [0.25, 0.3) is 11.1 Å². The molecule has 0 unspecified atom stereocenters. The number of nitrogens with zero attached hydrogens (tertiary/aromatic N) is 4. The van der Waals surface area contributed by atoms with E-state index < -0.39 is 0 Å². The molecule has 8 heteroatoms. The lowest BCUT2D eigenvalue weighted by Crippen LogP contribution is -2.35. The van der Waals surface area contributed by atoms with Crippen molar-refractivity contribution in [3.05, 3.63) is 62.2 Å². The minimum atomic E-state index is 0.317. The van der Waals surface area contributed by atoms with E-state index >= 15 is 0 Å². The highest BCUT2D eigenvalue weighted by Gasteiger charge is 2.22. The van der Waals surface area contributed by atoms with Crippen LogP contribution in [-0.4, -0.2) is 29.1 Å². The lowest BCUT2D eigenvalue weighted by atomic mass is 9.87. The molecule has 3 aromatic rings. The van der Waals surface area contributed by atoms with Crippen LogP contribution in [0, 0.1) is 50.4 Å². The van der Waals surface area contributed by atoms with Gasteiger partial charge in [0.15, 0.2) is 0 Å². The summed E-state index contributed by atoms with van der Waals surface area (Å²) >= 11 is 3.52. The van der Waals surface area contributed by atoms with Crippen molar-refractivity contribution in [3.63, 3.8) is 0 Å². The molecule has 0 bridgehead atoms. The number of benzene rings is 2. The summed E-state index contributed by atoms with van der Waals surface area (Å²) in [7, 11) is 0. The standard InChI is InChI=1S/C27H27BrN6O/c1-15-9-19(12-29)10-16(2)23(15)24-18(4)25(17(3)11-20(24)13-30)35-26-22(28)14-32-27(34-26)33-21-5-7-31-8-6-21/h9-11,14,21,31H,5-8H2,1-4H3,(H,32,33,34). The Kier molecular flexibility index (Phi) is 7.35. The Morgan fingerprint density at radius 2 is 1.69 bits per heavy atom. The van der Waals surface area contributed by atoms with Crippen LogP contribution in [0.5, 0.6) is 11.6 Å². The molecule has 35 heavy (non-hydrogen) atoms. The summed E-state index contributed by atoms with van der Waals surface area (Å²) in [6.07, 6.45) is 3.71. The number of ether oxygens (including phenoxy) is 1. The van der Waals surface area contributed by atoms with Crippen LogP contribution in [0.1, 0.15) is 46.2 Å². The lowest BCUT2D eigenvalue weighted by molar-refractivity contribution is 0.449. The van der Waals surface area contributed by atoms with Gasteiger partial charge in [-0.2, -0.15) is 15.5 Å². The SMILES string of the molecule is Cc1cc(C#N)c(-c2c(C)cc(C#N)cc2C)c(C)c1Oc1nc(NC2CCNCC2)ncc1Br. The molecule has 1 aliphatic heterocycles. The highest BCUT2D eigenvalue weighted by atomic mass is 79.9. The number of rotatable bonds is 5. The minimum absolute atomic E-state index is 0.317. The van der Waals surface area contributed by atoms with Gasteiger partial charge in [0.25, 0.3) is 0 Å². The third-order valence-corrected chi connectivity index (χ3v) is 6.86. The van der Waals surface area contributed by atoms with E-state index in [4.69, 9.17) is 4.74 Å². The largest absolute Gasteiger partial charge is 0.437 e. The van der Waals surface area contributed by atoms with Crippen molar-refractivity contribution in [3.8, 4) is 34.9 Å². The molecule has 1 aliphatic rings. The molecule has 0 amide bonds. The molecule has 1 saturated heterocycles. The molecule has 178 valence electrons. The zero-order valence-electron chi connectivity index (χ0n) is 20.3. The van der Waals surface area contributed by atoms with Gasteiger partial charge >= 0.3 is 0 Å². The molecule has 7 nitrogen and oxygen atoms in total. The van der Waals surface area contributed by atoms with Crippen molar-refractivity contribution in [2.24, 2.45) is 0 Å². The first-order valence-electron chi connectivity index (χ1n) is 11.6. The number of piperidine rings is 1. The molecule has 4 rings (SSSR count). The van der Waals surface area contributed by atoms with Gasteiger partial charge < -0.3 is 15.4 Å². The zero-order chi connectivity index (χ0) is 25.1. The smallest absolute Gasteiger partial charge is 0.238 e. The van der Waals surface area contributed by atoms with Crippen molar-refractivity contribution in [1.29, 1.82) is 10.5 Å². The number of aryl methyl sites for hydroxylation is 3. The Hall–Kier alpha value is -3.46. The van der Waals surface area contributed by atoms with Gasteiger partial charge in [-0.3, -0.25) is 0 Å². The number of nitriles is 2. The molecular weight excluding hydrogens is 504 g/mol. The van der Waals surface area contributed by atoms with Gasteiger partial charge in [0.05, 0.1) is 33.9 Å². The number of aromatic nitrogens is 2. The Balaban J connectivity index is 1.77. The Morgan fingerprint density at radius 3 is 2.31 bits per heavy atom. The molecule has 0 atom stereocenters. The first-order chi connectivity index (χ1) is 16.8. The van der Waals surface area contributed by atoms with E-state index in [0.29, 0.717) is 39.2 Å². The second kappa shape index (κ2) is 10.4. The zero-order valence-corrected chi connectivity index (χ0v) is 21.9. The molecular formula is C27H27BrN6O. The molecule has 1 fully saturated rings. The molecule has 2 N–H and O–H groups in total. The van der Waals surface area contributed by atoms with Crippen molar-refractivity contribution in [1.82, 2.24) is 15.3 Å². The summed E-state index contributed by atoms with van der Waals surface area (Å²) in [5, 5.41) is 26.1. The predicted octanol–water partition coefficient (Wildman–Crippen LogP) is 5.84. The van der Waals surface area contributed by atoms with E-state index in [9.17, 15) is 10.5 Å². The van der Waals surface area contributed by atoms with E-state index in [-0.39, 0.29) is 0 Å². The minimum Gasteiger partial charge on any atom is -0.437 e. The third-order valence-electron chi connectivity index (χ3n) is 6.32. The number of hydrogen-bond donors (Lipinski definition) is 2. The Bertz CT molecular complexity index is 1340. The second-order valence-electron chi connectivity index (χ2n) is 8.90. The summed E-state index contributed by atoms with van der Waals surface area (Å²) in [6, 6.07) is 10.4. The van der Waals surface area contributed by atoms with E-state index in [2.05, 4.69) is 48.7 Å². The van der Waals surface area contributed by atoms with Gasteiger partial charge in [0.1, 0.15) is 5.75 Å². The first kappa shape index (κ1) is 24.7. The number of halogens is 1. The van der Waals surface area contributed by atoms with Gasteiger partial charge in [-0.05, 0) is 110 Å². The maximum absolute atomic E-state index is 9.94. The van der Waals surface area contributed by atoms with Crippen LogP contribution in [-0.2, 0) is 0 Å². The topological polar surface area (TPSA) is 107 Å². The highest BCUT2D eigenvalue weighted by Crippen LogP contribution is 2.41. The molecule has 0 saturated carbocycles. The highest BCUT2D eigenvalue weighted by molar-refractivity contribution is 9.10. The molecule has 2 heterocycles. The lowest BCUT2D eigenvalue weighted by Gasteiger charge is -2.24. The average Bonchev–Trinajstić information content (AvgIpc) is 2.84. The number of hydrogen-bond acceptors (Lipinski definition) is 7. The van der Waals surface area contributed by atoms with E-state index in [1.165, 1.54) is 0 Å². The van der Waals surface area contributed by atoms with E-state index in [1.54, 1.807) is 6.20 Å². The summed E-state index contributed by atoms with van der Waals surface area (Å²) in [5.74, 6) is 1.58. The van der Waals surface area contributed by atoms with Crippen LogP contribution in [0.3, 0.4) is 0 Å². The second-order valence-corrected chi connectivity index (χ2v) is 9.75. The van der Waals surface area contributed by atoms with Gasteiger partial charge in [-0.1, -0.05) is 0 Å². The van der Waals surface area contributed by atoms with Gasteiger partial charge in [0.2, 0.25) is 11.8 Å². The molecule has 1 aromatic heterocycles. The number of nitrogens with one attached hydrogen (secondary N) is 2. The summed E-state index contributed by atoms with van der Waals surface area (Å²) in [5.41, 5.74) is 6.48. The molecule has 2 aromatic carbocycles. The van der Waals surface area contributed by atoms with Crippen LogP contribution in [0.2, 0.25) is 0 Å². The van der Waals surface area contributed by atoms with Crippen molar-refractivity contribution in [2.45, 2.75) is 46.6 Å². The fourth-order valence-electron chi connectivity index (χ4n) is 4.69.